The highest BCUT2D eigenvalue weighted by molar-refractivity contribution is 4.88. The van der Waals surface area contributed by atoms with E-state index in [2.05, 4.69) is 38.0 Å². The van der Waals surface area contributed by atoms with Gasteiger partial charge < -0.3 is 15.0 Å². The average molecular weight is 284 g/mol. The van der Waals surface area contributed by atoms with Gasteiger partial charge in [-0.3, -0.25) is 0 Å². The van der Waals surface area contributed by atoms with Crippen molar-refractivity contribution in [1.82, 2.24) is 10.2 Å². The van der Waals surface area contributed by atoms with Crippen molar-refractivity contribution >= 4 is 0 Å². The molecular weight excluding hydrogens is 248 g/mol. The normalized spacial score (nSPS) is 20.6. The highest BCUT2D eigenvalue weighted by atomic mass is 16.5. The third kappa shape index (κ3) is 6.11. The molecule has 1 rings (SSSR count). The summed E-state index contributed by atoms with van der Waals surface area (Å²) < 4.78 is 5.30. The topological polar surface area (TPSA) is 24.5 Å². The summed E-state index contributed by atoms with van der Waals surface area (Å²) in [7, 11) is 4.05. The summed E-state index contributed by atoms with van der Waals surface area (Å²) in [6.07, 6.45) is 6.97. The van der Waals surface area contributed by atoms with Crippen molar-refractivity contribution in [3.8, 4) is 0 Å². The summed E-state index contributed by atoms with van der Waals surface area (Å²) in [5.74, 6) is 0.737. The second-order valence-corrected chi connectivity index (χ2v) is 7.30. The number of hydrogen-bond donors (Lipinski definition) is 1. The first-order valence-electron chi connectivity index (χ1n) is 8.39. The van der Waals surface area contributed by atoms with E-state index in [0.29, 0.717) is 11.5 Å². The van der Waals surface area contributed by atoms with E-state index in [1.807, 2.05) is 0 Å². The number of nitrogens with zero attached hydrogens (tertiary/aromatic N) is 1. The predicted molar refractivity (Wildman–Crippen MR) is 87.2 cm³/mol. The molecule has 0 radical (unpaired) electrons. The van der Waals surface area contributed by atoms with E-state index in [4.69, 9.17) is 4.74 Å². The van der Waals surface area contributed by atoms with Crippen LogP contribution in [0.1, 0.15) is 52.9 Å². The van der Waals surface area contributed by atoms with E-state index in [0.717, 1.165) is 19.1 Å². The molecule has 0 aromatic carbocycles. The van der Waals surface area contributed by atoms with E-state index in [-0.39, 0.29) is 0 Å². The van der Waals surface area contributed by atoms with Crippen LogP contribution < -0.4 is 5.32 Å². The molecule has 1 fully saturated rings. The molecule has 1 saturated carbocycles. The first-order valence-corrected chi connectivity index (χ1v) is 8.39. The Labute approximate surface area is 126 Å². The first kappa shape index (κ1) is 17.9. The smallest absolute Gasteiger partial charge is 0.0615 e. The minimum Gasteiger partial charge on any atom is -0.383 e. The van der Waals surface area contributed by atoms with Gasteiger partial charge in [-0.2, -0.15) is 0 Å². The molecule has 3 heteroatoms. The van der Waals surface area contributed by atoms with Crippen molar-refractivity contribution in [2.75, 3.05) is 40.4 Å². The number of ether oxygens (including phenoxy) is 1. The molecule has 1 N–H and O–H groups in total. The van der Waals surface area contributed by atoms with Gasteiger partial charge in [0, 0.05) is 26.2 Å². The maximum Gasteiger partial charge on any atom is 0.0615 e. The van der Waals surface area contributed by atoms with Crippen molar-refractivity contribution in [3.63, 3.8) is 0 Å². The van der Waals surface area contributed by atoms with Crippen LogP contribution in [0.15, 0.2) is 0 Å². The van der Waals surface area contributed by atoms with Crippen LogP contribution in [-0.2, 0) is 4.74 Å². The number of methoxy groups -OCH3 is 1. The molecule has 3 nitrogen and oxygen atoms in total. The summed E-state index contributed by atoms with van der Waals surface area (Å²) in [6, 6.07) is 0.504. The summed E-state index contributed by atoms with van der Waals surface area (Å²) in [4.78, 5) is 2.49. The van der Waals surface area contributed by atoms with Gasteiger partial charge in [0.2, 0.25) is 0 Å². The zero-order valence-electron chi connectivity index (χ0n) is 14.4. The molecule has 0 aromatic heterocycles. The van der Waals surface area contributed by atoms with Gasteiger partial charge in [0.05, 0.1) is 6.61 Å². The van der Waals surface area contributed by atoms with Crippen LogP contribution in [-0.4, -0.2) is 51.3 Å². The maximum atomic E-state index is 5.30. The monoisotopic (exact) mass is 284 g/mol. The number of rotatable bonds is 9. The van der Waals surface area contributed by atoms with Crippen molar-refractivity contribution in [1.29, 1.82) is 0 Å². The lowest BCUT2D eigenvalue weighted by Crippen LogP contribution is -2.47. The van der Waals surface area contributed by atoms with Gasteiger partial charge in [0.25, 0.3) is 0 Å². The van der Waals surface area contributed by atoms with Gasteiger partial charge >= 0.3 is 0 Å². The Bertz CT molecular complexity index is 249. The molecule has 1 unspecified atom stereocenters. The lowest BCUT2D eigenvalue weighted by atomic mass is 9.73. The van der Waals surface area contributed by atoms with Gasteiger partial charge in [-0.05, 0) is 44.7 Å². The van der Waals surface area contributed by atoms with E-state index in [1.165, 1.54) is 45.2 Å². The average Bonchev–Trinajstić information content (AvgIpc) is 2.39. The van der Waals surface area contributed by atoms with Crippen molar-refractivity contribution in [3.05, 3.63) is 0 Å². The van der Waals surface area contributed by atoms with Crippen molar-refractivity contribution < 1.29 is 4.74 Å². The van der Waals surface area contributed by atoms with Crippen molar-refractivity contribution in [2.45, 2.75) is 58.9 Å². The Morgan fingerprint density at radius 3 is 2.35 bits per heavy atom. The summed E-state index contributed by atoms with van der Waals surface area (Å²) in [5, 5.41) is 3.71. The molecule has 0 amide bonds. The Morgan fingerprint density at radius 2 is 1.80 bits per heavy atom. The fourth-order valence-corrected chi connectivity index (χ4v) is 3.37. The zero-order chi connectivity index (χ0) is 15.0. The SMILES string of the molecule is COCC(C)N(C)CC1(CNCC(C)C)CCCCC1. The third-order valence-corrected chi connectivity index (χ3v) is 4.71. The minimum absolute atomic E-state index is 0.476. The van der Waals surface area contributed by atoms with Gasteiger partial charge in [-0.1, -0.05) is 33.1 Å². The van der Waals surface area contributed by atoms with E-state index < -0.39 is 0 Å². The standard InChI is InChI=1S/C17H36N2O/c1-15(2)11-18-13-17(9-7-6-8-10-17)14-19(4)16(3)12-20-5/h15-16,18H,6-14H2,1-5H3. The molecule has 0 bridgehead atoms. The van der Waals surface area contributed by atoms with E-state index >= 15 is 0 Å². The molecular formula is C17H36N2O. The lowest BCUT2D eigenvalue weighted by molar-refractivity contribution is 0.0611. The third-order valence-electron chi connectivity index (χ3n) is 4.71. The van der Waals surface area contributed by atoms with Crippen LogP contribution in [0.5, 0.6) is 0 Å². The predicted octanol–water partition coefficient (Wildman–Crippen LogP) is 3.15. The first-order chi connectivity index (χ1) is 9.49. The molecule has 1 aliphatic carbocycles. The fraction of sp³-hybridized carbons (Fsp3) is 1.00. The van der Waals surface area contributed by atoms with Gasteiger partial charge in [0.15, 0.2) is 0 Å². The Hall–Kier alpha value is -0.120. The molecule has 0 aromatic rings. The van der Waals surface area contributed by atoms with Gasteiger partial charge in [-0.15, -0.1) is 0 Å². The summed E-state index contributed by atoms with van der Waals surface area (Å²) >= 11 is 0. The molecule has 0 saturated heterocycles. The Morgan fingerprint density at radius 1 is 1.15 bits per heavy atom. The molecule has 1 aliphatic rings. The fourth-order valence-electron chi connectivity index (χ4n) is 3.37. The van der Waals surface area contributed by atoms with Crippen LogP contribution in [0.3, 0.4) is 0 Å². The Kier molecular flexibility index (Phi) is 8.08. The zero-order valence-corrected chi connectivity index (χ0v) is 14.4. The highest BCUT2D eigenvalue weighted by Gasteiger charge is 2.33. The van der Waals surface area contributed by atoms with Crippen LogP contribution >= 0.6 is 0 Å². The van der Waals surface area contributed by atoms with Gasteiger partial charge in [-0.25, -0.2) is 0 Å². The van der Waals surface area contributed by atoms with E-state index in [9.17, 15) is 0 Å². The second-order valence-electron chi connectivity index (χ2n) is 7.30. The number of nitrogens with one attached hydrogen (secondary N) is 1. The highest BCUT2D eigenvalue weighted by Crippen LogP contribution is 2.36. The molecule has 1 atom stereocenters. The van der Waals surface area contributed by atoms with Crippen molar-refractivity contribution in [2.24, 2.45) is 11.3 Å². The largest absolute Gasteiger partial charge is 0.383 e. The number of likely N-dealkylation sites (N-methyl/N-ethyl adjacent to an activating group) is 1. The lowest BCUT2D eigenvalue weighted by Gasteiger charge is -2.42. The van der Waals surface area contributed by atoms with Crippen LogP contribution in [0.25, 0.3) is 0 Å². The second kappa shape index (κ2) is 9.01. The maximum absolute atomic E-state index is 5.30. The molecule has 0 heterocycles. The summed E-state index contributed by atoms with van der Waals surface area (Å²) in [6.45, 7) is 11.2. The van der Waals surface area contributed by atoms with Crippen LogP contribution in [0, 0.1) is 11.3 Å². The quantitative estimate of drug-likeness (QED) is 0.704. The van der Waals surface area contributed by atoms with Gasteiger partial charge in [0.1, 0.15) is 0 Å². The van der Waals surface area contributed by atoms with Crippen LogP contribution in [0.2, 0.25) is 0 Å². The molecule has 120 valence electrons. The Balaban J connectivity index is 2.53. The molecule has 0 spiro atoms. The van der Waals surface area contributed by atoms with Crippen LogP contribution in [0.4, 0.5) is 0 Å². The molecule has 0 aliphatic heterocycles. The molecule has 20 heavy (non-hydrogen) atoms. The summed E-state index contributed by atoms with van der Waals surface area (Å²) in [5.41, 5.74) is 0.476. The number of hydrogen-bond acceptors (Lipinski definition) is 3. The van der Waals surface area contributed by atoms with E-state index in [1.54, 1.807) is 7.11 Å². The minimum atomic E-state index is 0.476.